The van der Waals surface area contributed by atoms with E-state index in [1.54, 1.807) is 0 Å². The average Bonchev–Trinajstić information content (AvgIpc) is 2.15. The normalized spacial score (nSPS) is 11.1. The van der Waals surface area contributed by atoms with Crippen LogP contribution in [0.15, 0.2) is 17.0 Å². The molecule has 0 aliphatic heterocycles. The van der Waals surface area contributed by atoms with E-state index in [0.717, 1.165) is 18.4 Å². The maximum absolute atomic E-state index is 11.1. The number of non-ortho nitro benzene ring substituents is 2. The van der Waals surface area contributed by atoms with Crippen molar-refractivity contribution in [1.29, 1.82) is 0 Å². The van der Waals surface area contributed by atoms with E-state index >= 15 is 0 Å². The van der Waals surface area contributed by atoms with Crippen LogP contribution in [0.5, 0.6) is 0 Å². The van der Waals surface area contributed by atoms with Gasteiger partial charge in [0.25, 0.3) is 11.4 Å². The number of rotatable bonds is 3. The molecule has 0 spiro atoms. The summed E-state index contributed by atoms with van der Waals surface area (Å²) in [6, 6.07) is 3.34. The molecule has 0 aromatic heterocycles. The third-order valence-electron chi connectivity index (χ3n) is 1.64. The minimum atomic E-state index is -3.74. The lowest BCUT2D eigenvalue weighted by molar-refractivity contribution is -0.395. The van der Waals surface area contributed by atoms with Gasteiger partial charge in [-0.15, -0.1) is 0 Å². The van der Waals surface area contributed by atoms with Crippen LogP contribution in [-0.2, 0) is 9.84 Å². The van der Waals surface area contributed by atoms with Crippen molar-refractivity contribution in [1.82, 2.24) is 0 Å². The Morgan fingerprint density at radius 3 is 1.75 bits per heavy atom. The average molecular weight is 245 g/mol. The molecule has 0 N–H and O–H groups in total. The fourth-order valence-electron chi connectivity index (χ4n) is 0.925. The zero-order valence-corrected chi connectivity index (χ0v) is 8.72. The van der Waals surface area contributed by atoms with Gasteiger partial charge in [0.2, 0.25) is 0 Å². The van der Waals surface area contributed by atoms with Crippen molar-refractivity contribution in [2.24, 2.45) is 0 Å². The molecular weight excluding hydrogens is 240 g/mol. The second kappa shape index (κ2) is 3.85. The van der Waals surface area contributed by atoms with Gasteiger partial charge in [-0.25, -0.2) is 8.42 Å². The van der Waals surface area contributed by atoms with Crippen LogP contribution in [0.3, 0.4) is 0 Å². The highest BCUT2D eigenvalue weighted by molar-refractivity contribution is 7.90. The smallest absolute Gasteiger partial charge is 0.258 e. The zero-order valence-electron chi connectivity index (χ0n) is 7.91. The maximum atomic E-state index is 11.1. The van der Waals surface area contributed by atoms with Gasteiger partial charge in [0.1, 0.15) is 0 Å². The summed E-state index contributed by atoms with van der Waals surface area (Å²) in [7, 11) is -3.74. The highest BCUT2D eigenvalue weighted by Gasteiger charge is 2.21. The number of nitrogens with zero attached hydrogens (tertiary/aromatic N) is 2. The molecule has 85 valence electrons. The van der Waals surface area contributed by atoms with Crippen molar-refractivity contribution in [3.63, 3.8) is 0 Å². The first-order chi connectivity index (χ1) is 7.21. The minimum Gasteiger partial charge on any atom is -0.258 e. The van der Waals surface area contributed by atoms with Crippen LogP contribution in [0.1, 0.15) is 0 Å². The predicted octanol–water partition coefficient (Wildman–Crippen LogP) is 0.707. The molecule has 0 amide bonds. The first-order valence-corrected chi connectivity index (χ1v) is 5.67. The molecule has 0 saturated carbocycles. The fraction of sp³-hybridized carbons (Fsp3) is 0.143. The van der Waals surface area contributed by atoms with Crippen molar-refractivity contribution in [2.45, 2.75) is 4.90 Å². The standard InChI is InChI=1S/C7H5N2O6S/c1-16(14,15)7-3-5(8(10)11)2-6(4-7)9(12)13/h3-4H,1H3. The largest absolute Gasteiger partial charge is 0.285 e. The fourth-order valence-corrected chi connectivity index (χ4v) is 1.58. The Labute approximate surface area is 89.7 Å². The van der Waals surface area contributed by atoms with Gasteiger partial charge in [0.05, 0.1) is 14.7 Å². The summed E-state index contributed by atoms with van der Waals surface area (Å²) >= 11 is 0. The van der Waals surface area contributed by atoms with Gasteiger partial charge >= 0.3 is 0 Å². The molecule has 0 saturated heterocycles. The summed E-state index contributed by atoms with van der Waals surface area (Å²) in [5.41, 5.74) is -1.51. The lowest BCUT2D eigenvalue weighted by Gasteiger charge is -1.98. The molecule has 0 aliphatic rings. The quantitative estimate of drug-likeness (QED) is 0.571. The van der Waals surface area contributed by atoms with Gasteiger partial charge in [-0.2, -0.15) is 0 Å². The lowest BCUT2D eigenvalue weighted by atomic mass is 10.3. The molecule has 0 fully saturated rings. The van der Waals surface area contributed by atoms with Gasteiger partial charge in [0.15, 0.2) is 15.9 Å². The molecule has 0 unspecified atom stereocenters. The summed E-state index contributed by atoms with van der Waals surface area (Å²) in [5, 5.41) is 20.8. The van der Waals surface area contributed by atoms with Crippen molar-refractivity contribution in [2.75, 3.05) is 6.26 Å². The number of nitro benzene ring substituents is 2. The van der Waals surface area contributed by atoms with Crippen LogP contribution in [-0.4, -0.2) is 24.5 Å². The summed E-state index contributed by atoms with van der Waals surface area (Å²) < 4.78 is 22.2. The Bertz CT molecular complexity index is 532. The van der Waals surface area contributed by atoms with Crippen LogP contribution in [0.4, 0.5) is 11.4 Å². The Morgan fingerprint density at radius 2 is 1.50 bits per heavy atom. The van der Waals surface area contributed by atoms with E-state index in [0.29, 0.717) is 0 Å². The van der Waals surface area contributed by atoms with Crippen molar-refractivity contribution in [3.05, 3.63) is 38.4 Å². The van der Waals surface area contributed by atoms with Crippen LogP contribution < -0.4 is 0 Å². The number of nitro groups is 2. The SMILES string of the molecule is CS(=O)(=O)c1cc([N+](=O)[O-])[c]c([N+](=O)[O-])c1. The van der Waals surface area contributed by atoms with Gasteiger partial charge in [0, 0.05) is 18.4 Å². The third kappa shape index (κ3) is 2.51. The molecular formula is C7H5N2O6S. The molecule has 9 heteroatoms. The molecule has 8 nitrogen and oxygen atoms in total. The van der Waals surface area contributed by atoms with Crippen LogP contribution >= 0.6 is 0 Å². The molecule has 0 aliphatic carbocycles. The summed E-state index contributed by atoms with van der Waals surface area (Å²) in [6.45, 7) is 0. The van der Waals surface area contributed by atoms with Crippen molar-refractivity contribution in [3.8, 4) is 0 Å². The van der Waals surface area contributed by atoms with Crippen LogP contribution in [0.2, 0.25) is 0 Å². The number of hydrogen-bond acceptors (Lipinski definition) is 6. The molecule has 1 aromatic rings. The minimum absolute atomic E-state index is 0.482. The topological polar surface area (TPSA) is 120 Å². The Kier molecular flexibility index (Phi) is 2.90. The predicted molar refractivity (Wildman–Crippen MR) is 51.7 cm³/mol. The van der Waals surface area contributed by atoms with E-state index in [1.165, 1.54) is 0 Å². The molecule has 0 bridgehead atoms. The Hall–Kier alpha value is -2.03. The Balaban J connectivity index is 3.54. The number of benzene rings is 1. The molecule has 16 heavy (non-hydrogen) atoms. The van der Waals surface area contributed by atoms with Crippen molar-refractivity contribution >= 4 is 21.2 Å². The maximum Gasteiger partial charge on any atom is 0.285 e. The zero-order chi connectivity index (χ0) is 12.5. The highest BCUT2D eigenvalue weighted by atomic mass is 32.2. The molecule has 0 atom stereocenters. The second-order valence-corrected chi connectivity index (χ2v) is 4.89. The highest BCUT2D eigenvalue weighted by Crippen LogP contribution is 2.24. The summed E-state index contributed by atoms with van der Waals surface area (Å²) in [5.74, 6) is 0. The Morgan fingerprint density at radius 1 is 1.12 bits per heavy atom. The van der Waals surface area contributed by atoms with Gasteiger partial charge in [-0.05, 0) is 0 Å². The second-order valence-electron chi connectivity index (χ2n) is 2.87. The summed E-state index contributed by atoms with van der Waals surface area (Å²) in [6.07, 6.45) is 0.801. The first-order valence-electron chi connectivity index (χ1n) is 3.78. The monoisotopic (exact) mass is 245 g/mol. The van der Waals surface area contributed by atoms with E-state index < -0.39 is 36.0 Å². The van der Waals surface area contributed by atoms with E-state index in [2.05, 4.69) is 0 Å². The number of sulfone groups is 1. The van der Waals surface area contributed by atoms with Gasteiger partial charge < -0.3 is 0 Å². The number of hydrogen-bond donors (Lipinski definition) is 0. The lowest BCUT2D eigenvalue weighted by Crippen LogP contribution is -2.01. The van der Waals surface area contributed by atoms with Crippen molar-refractivity contribution < 1.29 is 18.3 Å². The van der Waals surface area contributed by atoms with Crippen LogP contribution in [0, 0.1) is 26.3 Å². The molecule has 1 aromatic carbocycles. The molecule has 1 radical (unpaired) electrons. The van der Waals surface area contributed by atoms with Crippen LogP contribution in [0.25, 0.3) is 0 Å². The third-order valence-corrected chi connectivity index (χ3v) is 2.73. The summed E-state index contributed by atoms with van der Waals surface area (Å²) in [4.78, 5) is 18.5. The van der Waals surface area contributed by atoms with E-state index in [9.17, 15) is 28.6 Å². The van der Waals surface area contributed by atoms with E-state index in [4.69, 9.17) is 0 Å². The van der Waals surface area contributed by atoms with E-state index in [1.807, 2.05) is 6.07 Å². The molecule has 1 rings (SSSR count). The van der Waals surface area contributed by atoms with E-state index in [-0.39, 0.29) is 0 Å². The van der Waals surface area contributed by atoms with Gasteiger partial charge in [-0.1, -0.05) is 0 Å². The van der Waals surface area contributed by atoms with Gasteiger partial charge in [-0.3, -0.25) is 20.2 Å². The molecule has 0 heterocycles. The first kappa shape index (κ1) is 12.0.